The highest BCUT2D eigenvalue weighted by Crippen LogP contribution is 2.29. The van der Waals surface area contributed by atoms with Crippen molar-refractivity contribution >= 4 is 22.6 Å². The van der Waals surface area contributed by atoms with Gasteiger partial charge in [0.2, 0.25) is 5.91 Å². The highest BCUT2D eigenvalue weighted by molar-refractivity contribution is 5.97. The van der Waals surface area contributed by atoms with Crippen LogP contribution in [0.1, 0.15) is 54.6 Å². The van der Waals surface area contributed by atoms with Gasteiger partial charge >= 0.3 is 0 Å². The third kappa shape index (κ3) is 2.99. The third-order valence-corrected chi connectivity index (χ3v) is 4.92. The molecule has 2 unspecified atom stereocenters. The van der Waals surface area contributed by atoms with Crippen molar-refractivity contribution in [2.45, 2.75) is 45.6 Å². The van der Waals surface area contributed by atoms with Crippen LogP contribution in [-0.2, 0) is 9.53 Å². The lowest BCUT2D eigenvalue weighted by atomic mass is 9.98. The van der Waals surface area contributed by atoms with Gasteiger partial charge in [0.05, 0.1) is 22.6 Å². The monoisotopic (exact) mass is 354 g/mol. The van der Waals surface area contributed by atoms with Gasteiger partial charge in [-0.3, -0.25) is 4.79 Å². The number of carbonyl (C=O) groups is 1. The van der Waals surface area contributed by atoms with Gasteiger partial charge in [-0.25, -0.2) is 4.98 Å². The number of fused-ring (bicyclic) bond motifs is 1. The van der Waals surface area contributed by atoms with Crippen molar-refractivity contribution in [3.63, 3.8) is 0 Å². The number of ether oxygens (including phenoxy) is 1. The number of hydrogen-bond acceptors (Lipinski definition) is 5. The maximum atomic E-state index is 12.6. The van der Waals surface area contributed by atoms with Gasteiger partial charge in [-0.05, 0) is 51.8 Å². The fourth-order valence-electron chi connectivity index (χ4n) is 3.54. The van der Waals surface area contributed by atoms with Crippen LogP contribution in [0, 0.1) is 13.8 Å². The van der Waals surface area contributed by atoms with E-state index in [4.69, 9.17) is 9.26 Å². The van der Waals surface area contributed by atoms with Gasteiger partial charge in [-0.2, -0.15) is 0 Å². The number of hydrogen-bond donors (Lipinski definition) is 2. The minimum atomic E-state index is -0.346. The molecule has 3 aromatic rings. The first kappa shape index (κ1) is 16.8. The smallest absolute Gasteiger partial charge is 0.231 e. The number of rotatable bonds is 4. The summed E-state index contributed by atoms with van der Waals surface area (Å²) in [6.07, 6.45) is 2.08. The molecule has 1 aliphatic rings. The van der Waals surface area contributed by atoms with Crippen molar-refractivity contribution < 1.29 is 14.1 Å². The Kier molecular flexibility index (Phi) is 4.24. The van der Waals surface area contributed by atoms with Crippen LogP contribution >= 0.6 is 0 Å². The minimum Gasteiger partial charge on any atom is -0.370 e. The molecule has 0 bridgehead atoms. The molecule has 136 valence electrons. The first-order valence-corrected chi connectivity index (χ1v) is 8.88. The molecule has 1 saturated heterocycles. The SMILES string of the molecule is Cc1noc(C)c1C(C)C(=O)Nc1ccc2nc(C3CCCO3)[nH]c2c1. The molecule has 1 aromatic carbocycles. The summed E-state index contributed by atoms with van der Waals surface area (Å²) in [5.41, 5.74) is 4.07. The van der Waals surface area contributed by atoms with Crippen LogP contribution in [0.5, 0.6) is 0 Å². The lowest BCUT2D eigenvalue weighted by Gasteiger charge is -2.12. The molecule has 3 heterocycles. The zero-order chi connectivity index (χ0) is 18.3. The van der Waals surface area contributed by atoms with Crippen LogP contribution in [0.25, 0.3) is 11.0 Å². The Morgan fingerprint density at radius 2 is 2.23 bits per heavy atom. The van der Waals surface area contributed by atoms with Gasteiger partial charge in [-0.1, -0.05) is 5.16 Å². The number of carbonyl (C=O) groups excluding carboxylic acids is 1. The summed E-state index contributed by atoms with van der Waals surface area (Å²) in [6, 6.07) is 5.67. The first-order valence-electron chi connectivity index (χ1n) is 8.88. The second kappa shape index (κ2) is 6.57. The molecule has 2 N–H and O–H groups in total. The number of benzene rings is 1. The quantitative estimate of drug-likeness (QED) is 0.744. The fourth-order valence-corrected chi connectivity index (χ4v) is 3.54. The van der Waals surface area contributed by atoms with Crippen LogP contribution in [0.3, 0.4) is 0 Å². The predicted octanol–water partition coefficient (Wildman–Crippen LogP) is 3.76. The second-order valence-electron chi connectivity index (χ2n) is 6.80. The number of aromatic amines is 1. The third-order valence-electron chi connectivity index (χ3n) is 4.92. The fraction of sp³-hybridized carbons (Fsp3) is 0.421. The van der Waals surface area contributed by atoms with Crippen molar-refractivity contribution in [3.05, 3.63) is 41.0 Å². The molecule has 7 nitrogen and oxygen atoms in total. The normalized spacial score (nSPS) is 18.3. The Labute approximate surface area is 151 Å². The van der Waals surface area contributed by atoms with E-state index in [-0.39, 0.29) is 17.9 Å². The molecule has 4 rings (SSSR count). The molecule has 1 amide bonds. The molecule has 0 aliphatic carbocycles. The number of anilines is 1. The summed E-state index contributed by atoms with van der Waals surface area (Å²) in [6.45, 7) is 6.30. The number of nitrogens with zero attached hydrogens (tertiary/aromatic N) is 2. The molecule has 0 spiro atoms. The van der Waals surface area contributed by atoms with Crippen molar-refractivity contribution in [1.29, 1.82) is 0 Å². The van der Waals surface area contributed by atoms with E-state index in [0.717, 1.165) is 53.3 Å². The number of nitrogens with one attached hydrogen (secondary N) is 2. The molecule has 1 aliphatic heterocycles. The van der Waals surface area contributed by atoms with Crippen LogP contribution in [-0.4, -0.2) is 27.6 Å². The first-order chi connectivity index (χ1) is 12.5. The molecule has 26 heavy (non-hydrogen) atoms. The predicted molar refractivity (Wildman–Crippen MR) is 97.0 cm³/mol. The Hall–Kier alpha value is -2.67. The molecule has 2 aromatic heterocycles. The zero-order valence-electron chi connectivity index (χ0n) is 15.1. The van der Waals surface area contributed by atoms with E-state index in [9.17, 15) is 4.79 Å². The van der Waals surface area contributed by atoms with Gasteiger partial charge in [0.25, 0.3) is 0 Å². The Bertz CT molecular complexity index is 934. The van der Waals surface area contributed by atoms with Crippen molar-refractivity contribution in [3.8, 4) is 0 Å². The average Bonchev–Trinajstić information content (AvgIpc) is 3.34. The number of aromatic nitrogens is 3. The van der Waals surface area contributed by atoms with E-state index in [2.05, 4.69) is 20.4 Å². The van der Waals surface area contributed by atoms with Crippen molar-refractivity contribution in [2.24, 2.45) is 0 Å². The van der Waals surface area contributed by atoms with Gasteiger partial charge in [-0.15, -0.1) is 0 Å². The maximum absolute atomic E-state index is 12.6. The number of imidazole rings is 1. The molecule has 0 radical (unpaired) electrons. The summed E-state index contributed by atoms with van der Waals surface area (Å²) in [5.74, 6) is 1.08. The van der Waals surface area contributed by atoms with Gasteiger partial charge in [0.15, 0.2) is 0 Å². The summed E-state index contributed by atoms with van der Waals surface area (Å²) < 4.78 is 10.9. The standard InChI is InChI=1S/C19H22N4O3/c1-10(17-11(2)23-26-12(17)3)19(24)20-13-6-7-14-15(9-13)22-18(21-14)16-5-4-8-25-16/h6-7,9-10,16H,4-5,8H2,1-3H3,(H,20,24)(H,21,22). The zero-order valence-corrected chi connectivity index (χ0v) is 15.1. The molecular formula is C19H22N4O3. The second-order valence-corrected chi connectivity index (χ2v) is 6.80. The summed E-state index contributed by atoms with van der Waals surface area (Å²) >= 11 is 0. The number of amides is 1. The van der Waals surface area contributed by atoms with Gasteiger partial charge < -0.3 is 19.6 Å². The number of H-pyrrole nitrogens is 1. The summed E-state index contributed by atoms with van der Waals surface area (Å²) in [4.78, 5) is 20.6. The van der Waals surface area contributed by atoms with E-state index in [0.29, 0.717) is 5.76 Å². The summed E-state index contributed by atoms with van der Waals surface area (Å²) in [5, 5.41) is 6.90. The van der Waals surface area contributed by atoms with Gasteiger partial charge in [0, 0.05) is 17.9 Å². The molecule has 7 heteroatoms. The Morgan fingerprint density at radius 1 is 1.38 bits per heavy atom. The largest absolute Gasteiger partial charge is 0.370 e. The average molecular weight is 354 g/mol. The highest BCUT2D eigenvalue weighted by Gasteiger charge is 2.24. The van der Waals surface area contributed by atoms with E-state index in [1.807, 2.05) is 39.0 Å². The molecule has 2 atom stereocenters. The Balaban J connectivity index is 1.54. The lowest BCUT2D eigenvalue weighted by Crippen LogP contribution is -2.19. The van der Waals surface area contributed by atoms with Crippen LogP contribution < -0.4 is 5.32 Å². The van der Waals surface area contributed by atoms with Crippen molar-refractivity contribution in [1.82, 2.24) is 15.1 Å². The lowest BCUT2D eigenvalue weighted by molar-refractivity contribution is -0.117. The molecule has 1 fully saturated rings. The molecule has 0 saturated carbocycles. The van der Waals surface area contributed by atoms with Gasteiger partial charge in [0.1, 0.15) is 17.7 Å². The minimum absolute atomic E-state index is 0.0417. The van der Waals surface area contributed by atoms with Crippen LogP contribution in [0.15, 0.2) is 22.7 Å². The molecular weight excluding hydrogens is 332 g/mol. The highest BCUT2D eigenvalue weighted by atomic mass is 16.5. The summed E-state index contributed by atoms with van der Waals surface area (Å²) in [7, 11) is 0. The number of aryl methyl sites for hydroxylation is 2. The van der Waals surface area contributed by atoms with Crippen LogP contribution in [0.2, 0.25) is 0 Å². The van der Waals surface area contributed by atoms with Crippen molar-refractivity contribution in [2.75, 3.05) is 11.9 Å². The van der Waals surface area contributed by atoms with Crippen LogP contribution in [0.4, 0.5) is 5.69 Å². The maximum Gasteiger partial charge on any atom is 0.231 e. The Morgan fingerprint density at radius 3 is 2.92 bits per heavy atom. The van der Waals surface area contributed by atoms with E-state index in [1.165, 1.54) is 0 Å². The van der Waals surface area contributed by atoms with E-state index in [1.54, 1.807) is 0 Å². The topological polar surface area (TPSA) is 93.0 Å². The van der Waals surface area contributed by atoms with E-state index >= 15 is 0 Å². The van der Waals surface area contributed by atoms with E-state index < -0.39 is 0 Å².